The van der Waals surface area contributed by atoms with Gasteiger partial charge in [-0.1, -0.05) is 23.9 Å². The largest absolute Gasteiger partial charge is 0.493 e. The van der Waals surface area contributed by atoms with Crippen molar-refractivity contribution in [3.05, 3.63) is 60.2 Å². The van der Waals surface area contributed by atoms with Gasteiger partial charge in [-0.25, -0.2) is 0 Å². The van der Waals surface area contributed by atoms with Gasteiger partial charge in [0, 0.05) is 5.56 Å². The fraction of sp³-hybridized carbons (Fsp3) is 0.182. The van der Waals surface area contributed by atoms with Crippen LogP contribution in [0.1, 0.15) is 5.56 Å². The zero-order valence-corrected chi connectivity index (χ0v) is 18.8. The highest BCUT2D eigenvalue weighted by Crippen LogP contribution is 2.35. The summed E-state index contributed by atoms with van der Waals surface area (Å²) in [5.74, 6) is 0.312. The van der Waals surface area contributed by atoms with Crippen LogP contribution < -0.4 is 14.8 Å². The fourth-order valence-electron chi connectivity index (χ4n) is 3.16. The number of anilines is 1. The maximum absolute atomic E-state index is 13.1. The molecule has 0 aliphatic carbocycles. The van der Waals surface area contributed by atoms with E-state index in [0.29, 0.717) is 28.0 Å². The number of alkyl halides is 3. The van der Waals surface area contributed by atoms with E-state index in [4.69, 9.17) is 9.47 Å². The van der Waals surface area contributed by atoms with Gasteiger partial charge in [0.15, 0.2) is 17.1 Å². The number of hydrogen-bond donors (Lipinski definition) is 1. The molecule has 2 heterocycles. The van der Waals surface area contributed by atoms with Crippen LogP contribution in [0.25, 0.3) is 16.9 Å². The fourth-order valence-corrected chi connectivity index (χ4v) is 3.85. The van der Waals surface area contributed by atoms with Crippen LogP contribution >= 0.6 is 11.8 Å². The molecule has 12 heteroatoms. The predicted molar refractivity (Wildman–Crippen MR) is 120 cm³/mol. The van der Waals surface area contributed by atoms with E-state index in [-0.39, 0.29) is 11.4 Å². The molecule has 0 saturated heterocycles. The maximum atomic E-state index is 13.1. The van der Waals surface area contributed by atoms with Crippen molar-refractivity contribution in [3.63, 3.8) is 0 Å². The minimum Gasteiger partial charge on any atom is -0.493 e. The normalized spacial score (nSPS) is 11.4. The Morgan fingerprint density at radius 3 is 2.53 bits per heavy atom. The number of nitrogens with zero attached hydrogens (tertiary/aromatic N) is 4. The Morgan fingerprint density at radius 2 is 1.79 bits per heavy atom. The van der Waals surface area contributed by atoms with Crippen LogP contribution in [0.2, 0.25) is 0 Å². The van der Waals surface area contributed by atoms with Gasteiger partial charge in [-0.15, -0.1) is 10.2 Å². The number of hydrogen-bond acceptors (Lipinski definition) is 7. The van der Waals surface area contributed by atoms with Gasteiger partial charge in [-0.05, 0) is 42.5 Å². The summed E-state index contributed by atoms with van der Waals surface area (Å²) in [6, 6.07) is 13.6. The average molecular weight is 489 g/mol. The average Bonchev–Trinajstić information content (AvgIpc) is 3.24. The minimum atomic E-state index is -4.58. The van der Waals surface area contributed by atoms with Crippen LogP contribution in [0.5, 0.6) is 11.5 Å². The molecule has 1 N–H and O–H groups in total. The summed E-state index contributed by atoms with van der Waals surface area (Å²) < 4.78 is 51.5. The molecule has 2 aromatic heterocycles. The Bertz CT molecular complexity index is 1340. The number of para-hydroxylation sites is 1. The van der Waals surface area contributed by atoms with Crippen LogP contribution in [-0.2, 0) is 11.0 Å². The van der Waals surface area contributed by atoms with E-state index in [1.807, 2.05) is 6.07 Å². The summed E-state index contributed by atoms with van der Waals surface area (Å²) in [6.45, 7) is 0. The van der Waals surface area contributed by atoms with Crippen molar-refractivity contribution in [1.29, 1.82) is 0 Å². The lowest BCUT2D eigenvalue weighted by atomic mass is 10.1. The van der Waals surface area contributed by atoms with Crippen LogP contribution in [0, 0.1) is 0 Å². The molecule has 0 bridgehead atoms. The van der Waals surface area contributed by atoms with Crippen molar-refractivity contribution in [3.8, 4) is 22.8 Å². The molecule has 0 unspecified atom stereocenters. The van der Waals surface area contributed by atoms with Crippen molar-refractivity contribution >= 4 is 29.0 Å². The first kappa shape index (κ1) is 23.4. The van der Waals surface area contributed by atoms with Gasteiger partial charge in [0.05, 0.1) is 36.9 Å². The van der Waals surface area contributed by atoms with Gasteiger partial charge in [0.25, 0.3) is 0 Å². The molecule has 8 nitrogen and oxygen atoms in total. The number of ether oxygens (including phenoxy) is 2. The molecular weight excluding hydrogens is 471 g/mol. The molecule has 0 saturated carbocycles. The highest BCUT2D eigenvalue weighted by molar-refractivity contribution is 7.99. The molecule has 0 radical (unpaired) electrons. The number of benzene rings is 2. The van der Waals surface area contributed by atoms with Crippen molar-refractivity contribution < 1.29 is 27.4 Å². The number of amides is 1. The summed E-state index contributed by atoms with van der Waals surface area (Å²) in [5, 5.41) is 15.2. The zero-order chi connectivity index (χ0) is 24.3. The molecule has 1 amide bonds. The number of halogens is 3. The van der Waals surface area contributed by atoms with Crippen LogP contribution in [0.4, 0.5) is 18.9 Å². The van der Waals surface area contributed by atoms with Gasteiger partial charge in [-0.3, -0.25) is 4.79 Å². The summed E-state index contributed by atoms with van der Waals surface area (Å²) in [6.07, 6.45) is -4.58. The first-order valence-corrected chi connectivity index (χ1v) is 10.8. The Kier molecular flexibility index (Phi) is 6.59. The first-order chi connectivity index (χ1) is 16.3. The lowest BCUT2D eigenvalue weighted by Gasteiger charge is -2.13. The lowest BCUT2D eigenvalue weighted by Crippen LogP contribution is -2.18. The molecule has 2 aromatic carbocycles. The standard InChI is InChI=1S/C22H18F3N5O3S/c1-32-17-9-7-13(11-18(17)33-2)15-8-10-19-27-28-21(30(19)29-15)34-12-20(31)26-16-6-4-3-5-14(16)22(23,24)25/h3-11H,12H2,1-2H3,(H,26,31). The maximum Gasteiger partial charge on any atom is 0.418 e. The number of methoxy groups -OCH3 is 2. The Morgan fingerprint density at radius 1 is 1.03 bits per heavy atom. The van der Waals surface area contributed by atoms with Gasteiger partial charge in [0.1, 0.15) is 0 Å². The smallest absolute Gasteiger partial charge is 0.418 e. The van der Waals surface area contributed by atoms with E-state index in [0.717, 1.165) is 23.4 Å². The van der Waals surface area contributed by atoms with Crippen LogP contribution in [0.3, 0.4) is 0 Å². The summed E-state index contributed by atoms with van der Waals surface area (Å²) in [5.41, 5.74) is 0.585. The Balaban J connectivity index is 1.52. The number of thioether (sulfide) groups is 1. The summed E-state index contributed by atoms with van der Waals surface area (Å²) in [4.78, 5) is 12.3. The molecule has 0 aliphatic rings. The number of carbonyl (C=O) groups is 1. The highest BCUT2D eigenvalue weighted by atomic mass is 32.2. The van der Waals surface area contributed by atoms with Gasteiger partial charge in [-0.2, -0.15) is 22.8 Å². The number of carbonyl (C=O) groups excluding carboxylic acids is 1. The minimum absolute atomic E-state index is 0.185. The molecule has 0 spiro atoms. The second-order valence-electron chi connectivity index (χ2n) is 6.92. The number of aromatic nitrogens is 4. The molecule has 0 aliphatic heterocycles. The van der Waals surface area contributed by atoms with Gasteiger partial charge >= 0.3 is 6.18 Å². The van der Waals surface area contributed by atoms with E-state index in [2.05, 4.69) is 20.6 Å². The van der Waals surface area contributed by atoms with Crippen molar-refractivity contribution in [2.45, 2.75) is 11.3 Å². The zero-order valence-electron chi connectivity index (χ0n) is 18.0. The number of fused-ring (bicyclic) bond motifs is 1. The third-order valence-electron chi connectivity index (χ3n) is 4.75. The number of nitrogens with one attached hydrogen (secondary N) is 1. The van der Waals surface area contributed by atoms with E-state index in [9.17, 15) is 18.0 Å². The van der Waals surface area contributed by atoms with E-state index in [1.54, 1.807) is 31.4 Å². The van der Waals surface area contributed by atoms with Crippen molar-refractivity contribution in [1.82, 2.24) is 19.8 Å². The second-order valence-corrected chi connectivity index (χ2v) is 7.86. The summed E-state index contributed by atoms with van der Waals surface area (Å²) >= 11 is 1.00. The van der Waals surface area contributed by atoms with E-state index in [1.165, 1.54) is 29.8 Å². The van der Waals surface area contributed by atoms with Crippen LogP contribution in [-0.4, -0.2) is 45.7 Å². The van der Waals surface area contributed by atoms with E-state index < -0.39 is 17.6 Å². The van der Waals surface area contributed by atoms with Gasteiger partial charge in [0.2, 0.25) is 11.1 Å². The predicted octanol–water partition coefficient (Wildman–Crippen LogP) is 4.56. The Labute approximate surface area is 196 Å². The number of rotatable bonds is 7. The molecule has 176 valence electrons. The molecule has 4 aromatic rings. The highest BCUT2D eigenvalue weighted by Gasteiger charge is 2.33. The SMILES string of the molecule is COc1ccc(-c2ccc3nnc(SCC(=O)Nc4ccccc4C(F)(F)F)n3n2)cc1OC. The Hall–Kier alpha value is -3.80. The molecule has 0 atom stereocenters. The monoisotopic (exact) mass is 489 g/mol. The third kappa shape index (κ3) is 4.91. The second kappa shape index (κ2) is 9.59. The lowest BCUT2D eigenvalue weighted by molar-refractivity contribution is -0.137. The van der Waals surface area contributed by atoms with E-state index >= 15 is 0 Å². The summed E-state index contributed by atoms with van der Waals surface area (Å²) in [7, 11) is 3.07. The first-order valence-electron chi connectivity index (χ1n) is 9.84. The molecule has 34 heavy (non-hydrogen) atoms. The van der Waals surface area contributed by atoms with Crippen molar-refractivity contribution in [2.75, 3.05) is 25.3 Å². The van der Waals surface area contributed by atoms with Crippen LogP contribution in [0.15, 0.2) is 59.8 Å². The molecule has 0 fully saturated rings. The molecule has 4 rings (SSSR count). The van der Waals surface area contributed by atoms with Gasteiger partial charge < -0.3 is 14.8 Å². The molecular formula is C22H18F3N5O3S. The third-order valence-corrected chi connectivity index (χ3v) is 5.67. The quantitative estimate of drug-likeness (QED) is 0.381. The topological polar surface area (TPSA) is 90.6 Å². The van der Waals surface area contributed by atoms with Crippen molar-refractivity contribution in [2.24, 2.45) is 0 Å².